The summed E-state index contributed by atoms with van der Waals surface area (Å²) in [5, 5.41) is 11.6. The number of aromatic nitrogens is 2. The van der Waals surface area contributed by atoms with Crippen molar-refractivity contribution in [3.8, 4) is 0 Å². The summed E-state index contributed by atoms with van der Waals surface area (Å²) in [7, 11) is 3.06. The van der Waals surface area contributed by atoms with E-state index >= 15 is 0 Å². The lowest BCUT2D eigenvalue weighted by Crippen LogP contribution is -2.33. The van der Waals surface area contributed by atoms with Crippen molar-refractivity contribution in [2.75, 3.05) is 50.8 Å². The Morgan fingerprint density at radius 2 is 2.00 bits per heavy atom. The zero-order valence-electron chi connectivity index (χ0n) is 14.9. The third-order valence-electron chi connectivity index (χ3n) is 3.46. The summed E-state index contributed by atoms with van der Waals surface area (Å²) in [6, 6.07) is 3.00. The molecule has 0 fully saturated rings. The van der Waals surface area contributed by atoms with Crippen LogP contribution >= 0.6 is 0 Å². The van der Waals surface area contributed by atoms with E-state index in [1.807, 2.05) is 0 Å². The van der Waals surface area contributed by atoms with Gasteiger partial charge in [0.05, 0.1) is 24.4 Å². The predicted molar refractivity (Wildman–Crippen MR) is 94.4 cm³/mol. The summed E-state index contributed by atoms with van der Waals surface area (Å²) in [6.07, 6.45) is 2.50. The number of hydrogen-bond acceptors (Lipinski definition) is 10. The van der Waals surface area contributed by atoms with Gasteiger partial charge in [-0.25, -0.2) is 9.97 Å². The van der Waals surface area contributed by atoms with Crippen molar-refractivity contribution in [2.24, 2.45) is 0 Å². The number of furan rings is 1. The second kappa shape index (κ2) is 10.0. The molecule has 0 aliphatic carbocycles. The zero-order chi connectivity index (χ0) is 19.6. The van der Waals surface area contributed by atoms with Gasteiger partial charge >= 0.3 is 11.6 Å². The maximum Gasteiger partial charge on any atom is 0.355 e. The van der Waals surface area contributed by atoms with Crippen LogP contribution in [-0.2, 0) is 9.47 Å². The van der Waals surface area contributed by atoms with Crippen LogP contribution in [0.3, 0.4) is 0 Å². The smallest absolute Gasteiger partial charge is 0.355 e. The highest BCUT2D eigenvalue weighted by molar-refractivity contribution is 5.92. The maximum absolute atomic E-state index is 11.9. The van der Waals surface area contributed by atoms with Crippen molar-refractivity contribution in [1.82, 2.24) is 15.4 Å². The number of ether oxygens (including phenoxy) is 2. The molecule has 0 aromatic carbocycles. The highest BCUT2D eigenvalue weighted by Gasteiger charge is 2.27. The molecule has 0 aliphatic heterocycles. The number of anilines is 2. The van der Waals surface area contributed by atoms with Crippen LogP contribution in [0.5, 0.6) is 0 Å². The normalized spacial score (nSPS) is 10.4. The number of nitrogens with one attached hydrogen (secondary N) is 2. The molecular weight excluding hydrogens is 360 g/mol. The molecule has 2 N–H and O–H groups in total. The lowest BCUT2D eigenvalue weighted by atomic mass is 10.3. The molecule has 2 aromatic heterocycles. The van der Waals surface area contributed by atoms with Crippen LogP contribution in [0, 0.1) is 10.1 Å². The Morgan fingerprint density at radius 1 is 1.30 bits per heavy atom. The molecule has 0 bridgehead atoms. The van der Waals surface area contributed by atoms with Crippen LogP contribution < -0.4 is 15.8 Å². The van der Waals surface area contributed by atoms with Crippen molar-refractivity contribution in [2.45, 2.75) is 0 Å². The Hall–Kier alpha value is -3.25. The van der Waals surface area contributed by atoms with E-state index in [0.717, 1.165) is 6.33 Å². The molecule has 1 amide bonds. The first kappa shape index (κ1) is 20.1. The molecule has 146 valence electrons. The van der Waals surface area contributed by atoms with Crippen LogP contribution in [0.25, 0.3) is 0 Å². The number of methoxy groups -OCH3 is 2. The molecule has 2 rings (SSSR count). The van der Waals surface area contributed by atoms with Crippen LogP contribution in [0.1, 0.15) is 10.6 Å². The standard InChI is InChI=1S/C15H20N6O6/c1-25-8-5-20(6-9-26-2)14-12(21(23)24)13(16-10-17-14)18-19-15(22)11-4-3-7-27-11/h3-4,7,10H,5-6,8-9H2,1-2H3,(H,19,22)(H,16,17,18). The molecule has 12 nitrogen and oxygen atoms in total. The average molecular weight is 380 g/mol. The molecule has 0 atom stereocenters. The molecule has 2 heterocycles. The van der Waals surface area contributed by atoms with Gasteiger partial charge in [0.25, 0.3) is 0 Å². The van der Waals surface area contributed by atoms with Gasteiger partial charge in [-0.15, -0.1) is 0 Å². The second-order valence-corrected chi connectivity index (χ2v) is 5.18. The molecule has 0 saturated carbocycles. The minimum absolute atomic E-state index is 0.0428. The molecule has 0 unspecified atom stereocenters. The second-order valence-electron chi connectivity index (χ2n) is 5.18. The zero-order valence-corrected chi connectivity index (χ0v) is 14.9. The summed E-state index contributed by atoms with van der Waals surface area (Å²) < 4.78 is 15.0. The largest absolute Gasteiger partial charge is 0.459 e. The molecule has 2 aromatic rings. The van der Waals surface area contributed by atoms with E-state index in [0.29, 0.717) is 26.3 Å². The van der Waals surface area contributed by atoms with Crippen LogP contribution in [0.4, 0.5) is 17.3 Å². The number of carbonyl (C=O) groups is 1. The molecule has 0 aliphatic rings. The summed E-state index contributed by atoms with van der Waals surface area (Å²) >= 11 is 0. The Labute approximate surface area is 154 Å². The number of rotatable bonds is 11. The van der Waals surface area contributed by atoms with E-state index in [1.165, 1.54) is 26.5 Å². The first-order valence-corrected chi connectivity index (χ1v) is 7.90. The molecule has 0 spiro atoms. The fraction of sp³-hybridized carbons (Fsp3) is 0.400. The highest BCUT2D eigenvalue weighted by Crippen LogP contribution is 2.31. The summed E-state index contributed by atoms with van der Waals surface area (Å²) in [6.45, 7) is 1.39. The van der Waals surface area contributed by atoms with Crippen LogP contribution in [0.15, 0.2) is 29.1 Å². The predicted octanol–water partition coefficient (Wildman–Crippen LogP) is 0.834. The Balaban J connectivity index is 2.25. The van der Waals surface area contributed by atoms with Gasteiger partial charge in [0.1, 0.15) is 6.33 Å². The van der Waals surface area contributed by atoms with Gasteiger partial charge in [-0.1, -0.05) is 0 Å². The third-order valence-corrected chi connectivity index (χ3v) is 3.46. The Morgan fingerprint density at radius 3 is 2.56 bits per heavy atom. The van der Waals surface area contributed by atoms with Crippen molar-refractivity contribution >= 4 is 23.2 Å². The minimum Gasteiger partial charge on any atom is -0.459 e. The van der Waals surface area contributed by atoms with Gasteiger partial charge < -0.3 is 18.8 Å². The minimum atomic E-state index is -0.622. The summed E-state index contributed by atoms with van der Waals surface area (Å²) in [4.78, 5) is 32.5. The lowest BCUT2D eigenvalue weighted by molar-refractivity contribution is -0.383. The monoisotopic (exact) mass is 380 g/mol. The van der Waals surface area contributed by atoms with Crippen molar-refractivity contribution < 1.29 is 23.6 Å². The Bertz CT molecular complexity index is 745. The topological polar surface area (TPSA) is 145 Å². The maximum atomic E-state index is 11.9. The van der Waals surface area contributed by atoms with E-state index in [2.05, 4.69) is 20.8 Å². The van der Waals surface area contributed by atoms with Gasteiger partial charge in [-0.05, 0) is 12.1 Å². The number of hydrogen-bond donors (Lipinski definition) is 2. The van der Waals surface area contributed by atoms with Crippen LogP contribution in [0.2, 0.25) is 0 Å². The number of nitrogens with zero attached hydrogens (tertiary/aromatic N) is 4. The van der Waals surface area contributed by atoms with Crippen molar-refractivity contribution in [3.05, 3.63) is 40.6 Å². The van der Waals surface area contributed by atoms with E-state index in [1.54, 1.807) is 11.0 Å². The van der Waals surface area contributed by atoms with E-state index in [-0.39, 0.29) is 23.1 Å². The summed E-state index contributed by atoms with van der Waals surface area (Å²) in [5.41, 5.74) is 4.37. The van der Waals surface area contributed by atoms with Gasteiger partial charge in [0, 0.05) is 27.3 Å². The highest BCUT2D eigenvalue weighted by atomic mass is 16.6. The van der Waals surface area contributed by atoms with Crippen molar-refractivity contribution in [3.63, 3.8) is 0 Å². The quantitative estimate of drug-likeness (QED) is 0.425. The number of hydrazine groups is 1. The van der Waals surface area contributed by atoms with Gasteiger partial charge in [-0.2, -0.15) is 0 Å². The first-order valence-electron chi connectivity index (χ1n) is 7.90. The van der Waals surface area contributed by atoms with E-state index < -0.39 is 10.8 Å². The molecular formula is C15H20N6O6. The first-order chi connectivity index (χ1) is 13.1. The third kappa shape index (κ3) is 5.36. The van der Waals surface area contributed by atoms with Crippen molar-refractivity contribution in [1.29, 1.82) is 0 Å². The number of carbonyl (C=O) groups excluding carboxylic acids is 1. The van der Waals surface area contributed by atoms with E-state index in [4.69, 9.17) is 13.9 Å². The summed E-state index contributed by atoms with van der Waals surface area (Å²) in [5.74, 6) is -0.644. The molecule has 0 saturated heterocycles. The van der Waals surface area contributed by atoms with Gasteiger partial charge in [0.2, 0.25) is 11.6 Å². The van der Waals surface area contributed by atoms with E-state index in [9.17, 15) is 14.9 Å². The average Bonchev–Trinajstić information content (AvgIpc) is 3.20. The lowest BCUT2D eigenvalue weighted by Gasteiger charge is -2.23. The number of amides is 1. The van der Waals surface area contributed by atoms with Gasteiger partial charge in [-0.3, -0.25) is 25.8 Å². The molecule has 0 radical (unpaired) electrons. The van der Waals surface area contributed by atoms with Crippen LogP contribution in [-0.4, -0.2) is 61.3 Å². The SMILES string of the molecule is COCCN(CCOC)c1ncnc(NNC(=O)c2ccco2)c1[N+](=O)[O-]. The van der Waals surface area contributed by atoms with Gasteiger partial charge in [0.15, 0.2) is 5.76 Å². The Kier molecular flexibility index (Phi) is 7.46. The fourth-order valence-electron chi connectivity index (χ4n) is 2.17. The number of nitro groups is 1. The fourth-order valence-corrected chi connectivity index (χ4v) is 2.17. The molecule has 12 heteroatoms. The molecule has 27 heavy (non-hydrogen) atoms.